The number of nitrogens with one attached hydrogen (secondary N) is 4. The highest BCUT2D eigenvalue weighted by Gasteiger charge is 2.38. The quantitative estimate of drug-likeness (QED) is 0.109. The summed E-state index contributed by atoms with van der Waals surface area (Å²) < 4.78 is 4.74. The van der Waals surface area contributed by atoms with Crippen molar-refractivity contribution < 1.29 is 29.0 Å². The highest BCUT2D eigenvalue weighted by molar-refractivity contribution is 5.87. The van der Waals surface area contributed by atoms with Gasteiger partial charge >= 0.3 is 12.2 Å². The number of methoxy groups -OCH3 is 1. The third kappa shape index (κ3) is 8.11. The van der Waals surface area contributed by atoms with E-state index in [-0.39, 0.29) is 36.2 Å². The number of aromatic amines is 2. The lowest BCUT2D eigenvalue weighted by molar-refractivity contribution is -0.135. The maximum absolute atomic E-state index is 13.5. The minimum atomic E-state index is -1.25. The van der Waals surface area contributed by atoms with Crippen molar-refractivity contribution in [3.63, 3.8) is 0 Å². The predicted octanol–water partition coefficient (Wildman–Crippen LogP) is 6.05. The lowest BCUT2D eigenvalue weighted by Gasteiger charge is -2.30. The second-order valence-corrected chi connectivity index (χ2v) is 13.8. The topological polar surface area (TPSA) is 186 Å². The van der Waals surface area contributed by atoms with E-state index in [2.05, 4.69) is 49.3 Å². The third-order valence-corrected chi connectivity index (χ3v) is 10.0. The van der Waals surface area contributed by atoms with Gasteiger partial charge in [0.25, 0.3) is 0 Å². The zero-order valence-corrected chi connectivity index (χ0v) is 30.2. The first kappa shape index (κ1) is 36.9. The van der Waals surface area contributed by atoms with Gasteiger partial charge < -0.3 is 40.2 Å². The molecule has 2 aliphatic rings. The molecule has 4 amide bonds. The van der Waals surface area contributed by atoms with Crippen LogP contribution in [-0.4, -0.2) is 91.1 Å². The van der Waals surface area contributed by atoms with Crippen molar-refractivity contribution in [1.29, 1.82) is 0 Å². The van der Waals surface area contributed by atoms with Gasteiger partial charge in [0, 0.05) is 13.1 Å². The molecule has 53 heavy (non-hydrogen) atoms. The number of hydrogen-bond acceptors (Lipinski definition) is 7. The average molecular weight is 723 g/mol. The molecule has 4 aromatic rings. The molecule has 4 atom stereocenters. The van der Waals surface area contributed by atoms with Crippen LogP contribution in [0.25, 0.3) is 33.6 Å². The number of rotatable bonds is 12. The zero-order chi connectivity index (χ0) is 37.6. The van der Waals surface area contributed by atoms with Crippen LogP contribution in [0, 0.1) is 5.92 Å². The molecule has 0 radical (unpaired) electrons. The molecule has 14 heteroatoms. The molecule has 2 aromatic heterocycles. The summed E-state index contributed by atoms with van der Waals surface area (Å²) in [5.74, 6) is 0.846. The Morgan fingerprint density at radius 3 is 1.74 bits per heavy atom. The maximum Gasteiger partial charge on any atom is 0.407 e. The van der Waals surface area contributed by atoms with Crippen molar-refractivity contribution in [2.24, 2.45) is 5.92 Å². The fraction of sp³-hybridized carbons (Fsp3) is 0.385. The van der Waals surface area contributed by atoms with Crippen LogP contribution in [-0.2, 0) is 14.3 Å². The first-order chi connectivity index (χ1) is 25.6. The van der Waals surface area contributed by atoms with E-state index in [1.54, 1.807) is 22.2 Å². The number of imidazole rings is 2. The van der Waals surface area contributed by atoms with Crippen LogP contribution < -0.4 is 10.6 Å². The first-order valence-corrected chi connectivity index (χ1v) is 17.9. The molecular weight excluding hydrogens is 676 g/mol. The van der Waals surface area contributed by atoms with Crippen molar-refractivity contribution in [2.45, 2.75) is 70.1 Å². The van der Waals surface area contributed by atoms with E-state index in [4.69, 9.17) is 4.74 Å². The van der Waals surface area contributed by atoms with Gasteiger partial charge in [-0.1, -0.05) is 68.5 Å². The van der Waals surface area contributed by atoms with Crippen LogP contribution in [0.5, 0.6) is 0 Å². The van der Waals surface area contributed by atoms with E-state index in [1.807, 2.05) is 50.2 Å². The van der Waals surface area contributed by atoms with E-state index in [0.29, 0.717) is 24.7 Å². The molecule has 2 fully saturated rings. The number of ether oxygens (including phenoxy) is 1. The molecule has 0 spiro atoms. The van der Waals surface area contributed by atoms with E-state index in [9.17, 15) is 24.3 Å². The second kappa shape index (κ2) is 16.2. The number of nitrogens with zero attached hydrogens (tertiary/aromatic N) is 4. The minimum absolute atomic E-state index is 0.109. The molecule has 2 saturated heterocycles. The van der Waals surface area contributed by atoms with Crippen molar-refractivity contribution in [1.82, 2.24) is 40.4 Å². The summed E-state index contributed by atoms with van der Waals surface area (Å²) in [6.45, 7) is 8.57. The van der Waals surface area contributed by atoms with Gasteiger partial charge in [-0.3, -0.25) is 9.59 Å². The Morgan fingerprint density at radius 1 is 0.830 bits per heavy atom. The standard InChI is InChI=1S/C39H46N8O6/c1-5-8-28(44-38(50)51)36(48)46-19-6-9-31(46)34-40-21-29(42-34)26-15-11-24(12-16-26)25-13-17-27(18-14-25)30-22-41-35(43-30)32-10-7-20-47(32)37(49)33(23(2)3)45-39(52)53-4/h5,11-18,21-23,28,31-33,44H,1,6-10,19-20H2,2-4H3,(H,40,42)(H,41,43)(H,45,52)(H,50,51)/t28-,31-,32-,33-/m0/s1. The SMILES string of the molecule is C=CC[C@H](NC(=O)O)C(=O)N1CCC[C@H]1c1ncc(-c2ccc(-c3ccc(-c4cnc([C@@H]5CCCN5C(=O)[C@@H](NC(=O)OC)C(C)C)[nH]4)cc3)cc2)[nH]1. The van der Waals surface area contributed by atoms with Crippen molar-refractivity contribution in [2.75, 3.05) is 20.2 Å². The number of alkyl carbamates (subject to hydrolysis) is 1. The van der Waals surface area contributed by atoms with Gasteiger partial charge in [0.05, 0.1) is 43.0 Å². The zero-order valence-electron chi connectivity index (χ0n) is 30.2. The van der Waals surface area contributed by atoms with Crippen LogP contribution in [0.1, 0.15) is 69.7 Å². The van der Waals surface area contributed by atoms with Crippen LogP contribution in [0.4, 0.5) is 9.59 Å². The smallest absolute Gasteiger partial charge is 0.407 e. The third-order valence-electron chi connectivity index (χ3n) is 10.0. The van der Waals surface area contributed by atoms with E-state index >= 15 is 0 Å². The lowest BCUT2D eigenvalue weighted by atomic mass is 10.0. The van der Waals surface area contributed by atoms with Gasteiger partial charge in [-0.05, 0) is 60.3 Å². The number of carbonyl (C=O) groups excluding carboxylic acids is 3. The van der Waals surface area contributed by atoms with Gasteiger partial charge in [-0.2, -0.15) is 0 Å². The average Bonchev–Trinajstić information content (AvgIpc) is 3.99. The summed E-state index contributed by atoms with van der Waals surface area (Å²) in [5.41, 5.74) is 5.66. The maximum atomic E-state index is 13.5. The molecule has 6 rings (SSSR count). The van der Waals surface area contributed by atoms with Crippen molar-refractivity contribution >= 4 is 24.0 Å². The number of hydrogen-bond donors (Lipinski definition) is 5. The molecule has 14 nitrogen and oxygen atoms in total. The Morgan fingerprint density at radius 2 is 1.30 bits per heavy atom. The molecule has 0 unspecified atom stereocenters. The summed E-state index contributed by atoms with van der Waals surface area (Å²) in [6, 6.07) is 14.3. The van der Waals surface area contributed by atoms with Crippen molar-refractivity contribution in [3.8, 4) is 33.6 Å². The molecule has 5 N–H and O–H groups in total. The Bertz CT molecular complexity index is 1940. The summed E-state index contributed by atoms with van der Waals surface area (Å²) in [6.07, 6.45) is 6.57. The Kier molecular flexibility index (Phi) is 11.3. The normalized spacial score (nSPS) is 18.1. The number of likely N-dealkylation sites (tertiary alicyclic amines) is 2. The number of carbonyl (C=O) groups is 4. The largest absolute Gasteiger partial charge is 0.465 e. The van der Waals surface area contributed by atoms with Gasteiger partial charge in [0.1, 0.15) is 23.7 Å². The second-order valence-electron chi connectivity index (χ2n) is 13.8. The molecular formula is C39H46N8O6. The molecule has 2 aliphatic heterocycles. The van der Waals surface area contributed by atoms with E-state index in [1.165, 1.54) is 13.2 Å². The predicted molar refractivity (Wildman–Crippen MR) is 198 cm³/mol. The summed E-state index contributed by atoms with van der Waals surface area (Å²) in [5, 5.41) is 14.2. The van der Waals surface area contributed by atoms with E-state index < -0.39 is 24.3 Å². The Labute approximate surface area is 308 Å². The van der Waals surface area contributed by atoms with Gasteiger partial charge in [0.15, 0.2) is 0 Å². The summed E-state index contributed by atoms with van der Waals surface area (Å²) in [7, 11) is 1.28. The number of aromatic nitrogens is 4. The number of benzene rings is 2. The lowest BCUT2D eigenvalue weighted by Crippen LogP contribution is -2.51. The van der Waals surface area contributed by atoms with Crippen LogP contribution in [0.3, 0.4) is 0 Å². The summed E-state index contributed by atoms with van der Waals surface area (Å²) >= 11 is 0. The van der Waals surface area contributed by atoms with Gasteiger partial charge in [-0.25, -0.2) is 19.6 Å². The first-order valence-electron chi connectivity index (χ1n) is 17.9. The van der Waals surface area contributed by atoms with E-state index in [0.717, 1.165) is 59.3 Å². The molecule has 2 aromatic carbocycles. The molecule has 0 bridgehead atoms. The molecule has 4 heterocycles. The van der Waals surface area contributed by atoms with Crippen molar-refractivity contribution in [3.05, 3.63) is 85.2 Å². The van der Waals surface area contributed by atoms with Crippen LogP contribution in [0.2, 0.25) is 0 Å². The van der Waals surface area contributed by atoms with Gasteiger partial charge in [-0.15, -0.1) is 6.58 Å². The monoisotopic (exact) mass is 722 g/mol. The Balaban J connectivity index is 1.11. The van der Waals surface area contributed by atoms with Crippen LogP contribution >= 0.6 is 0 Å². The fourth-order valence-electron chi connectivity index (χ4n) is 7.23. The highest BCUT2D eigenvalue weighted by Crippen LogP contribution is 2.35. The number of amides is 4. The fourth-order valence-corrected chi connectivity index (χ4v) is 7.23. The Hall–Kier alpha value is -5.92. The molecule has 278 valence electrons. The van der Waals surface area contributed by atoms with Gasteiger partial charge in [0.2, 0.25) is 11.8 Å². The number of carboxylic acid groups (broad SMARTS) is 1. The molecule has 0 saturated carbocycles. The highest BCUT2D eigenvalue weighted by atomic mass is 16.5. The number of H-pyrrole nitrogens is 2. The minimum Gasteiger partial charge on any atom is -0.465 e. The summed E-state index contributed by atoms with van der Waals surface area (Å²) in [4.78, 5) is 69.5. The van der Waals surface area contributed by atoms with Crippen LogP contribution in [0.15, 0.2) is 73.6 Å². The molecule has 0 aliphatic carbocycles.